The fourth-order valence-electron chi connectivity index (χ4n) is 1.74. The van der Waals surface area contributed by atoms with Crippen LogP contribution in [0.5, 0.6) is 0 Å². The topological polar surface area (TPSA) is 41.1 Å². The molecule has 0 saturated carbocycles. The van der Waals surface area contributed by atoms with Gasteiger partial charge in [-0.3, -0.25) is 4.79 Å². The van der Waals surface area contributed by atoms with Gasteiger partial charge in [0.2, 0.25) is 5.91 Å². The normalized spacial score (nSPS) is 10.2. The molecule has 0 aromatic heterocycles. The Balaban J connectivity index is 1.98. The summed E-state index contributed by atoms with van der Waals surface area (Å²) in [6, 6.07) is 10.5. The predicted molar refractivity (Wildman–Crippen MR) is 74.4 cm³/mol. The Bertz CT molecular complexity index is 612. The molecule has 0 atom stereocenters. The minimum Gasteiger partial charge on any atom is -0.381 e. The number of hydrogen-bond acceptors (Lipinski definition) is 2. The molecule has 0 saturated heterocycles. The van der Waals surface area contributed by atoms with E-state index in [4.69, 9.17) is 0 Å². The van der Waals surface area contributed by atoms with E-state index < -0.39 is 11.6 Å². The average Bonchev–Trinajstić information content (AvgIpc) is 2.39. The molecule has 0 spiro atoms. The first-order valence-corrected chi connectivity index (χ1v) is 6.10. The Morgan fingerprint density at radius 3 is 2.30 bits per heavy atom. The maximum absolute atomic E-state index is 13.4. The van der Waals surface area contributed by atoms with E-state index >= 15 is 0 Å². The molecule has 0 fully saturated rings. The minimum atomic E-state index is -0.592. The number of benzene rings is 2. The Morgan fingerprint density at radius 2 is 1.70 bits per heavy atom. The summed E-state index contributed by atoms with van der Waals surface area (Å²) in [5.74, 6) is -1.31. The molecule has 2 N–H and O–H groups in total. The lowest BCUT2D eigenvalue weighted by atomic mass is 10.2. The lowest BCUT2D eigenvalue weighted by Crippen LogP contribution is -2.06. The third kappa shape index (κ3) is 3.78. The van der Waals surface area contributed by atoms with Gasteiger partial charge in [-0.05, 0) is 30.3 Å². The number of hydrogen-bond donors (Lipinski definition) is 2. The van der Waals surface area contributed by atoms with Gasteiger partial charge in [0.25, 0.3) is 0 Å². The van der Waals surface area contributed by atoms with Crippen molar-refractivity contribution in [3.05, 3.63) is 59.7 Å². The highest BCUT2D eigenvalue weighted by Crippen LogP contribution is 2.16. The zero-order valence-corrected chi connectivity index (χ0v) is 10.9. The summed E-state index contributed by atoms with van der Waals surface area (Å²) in [7, 11) is 0. The second-order valence-corrected chi connectivity index (χ2v) is 4.35. The lowest BCUT2D eigenvalue weighted by Gasteiger charge is -2.09. The van der Waals surface area contributed by atoms with E-state index in [1.165, 1.54) is 19.1 Å². The Hall–Kier alpha value is -2.43. The van der Waals surface area contributed by atoms with Crippen LogP contribution < -0.4 is 10.6 Å². The van der Waals surface area contributed by atoms with Crippen LogP contribution in [0.25, 0.3) is 0 Å². The van der Waals surface area contributed by atoms with Crippen molar-refractivity contribution in [2.75, 3.05) is 10.6 Å². The molecule has 2 aromatic rings. The number of carbonyl (C=O) groups is 1. The van der Waals surface area contributed by atoms with Crippen molar-refractivity contribution in [2.24, 2.45) is 0 Å². The van der Waals surface area contributed by atoms with Crippen LogP contribution in [-0.4, -0.2) is 5.91 Å². The minimum absolute atomic E-state index is 0.140. The highest BCUT2D eigenvalue weighted by atomic mass is 19.1. The molecule has 104 valence electrons. The Kier molecular flexibility index (Phi) is 4.30. The Morgan fingerprint density at radius 1 is 1.05 bits per heavy atom. The summed E-state index contributed by atoms with van der Waals surface area (Å²) in [5.41, 5.74) is 1.86. The summed E-state index contributed by atoms with van der Waals surface area (Å²) < 4.78 is 26.2. The smallest absolute Gasteiger partial charge is 0.221 e. The summed E-state index contributed by atoms with van der Waals surface area (Å²) in [5, 5.41) is 5.68. The quantitative estimate of drug-likeness (QED) is 0.896. The average molecular weight is 276 g/mol. The Labute approximate surface area is 115 Å². The van der Waals surface area contributed by atoms with E-state index in [1.807, 2.05) is 0 Å². The molecule has 0 radical (unpaired) electrons. The SMILES string of the molecule is CC(=O)Nc1ccc(NCc2ccc(F)cc2F)cc1. The number of anilines is 2. The standard InChI is InChI=1S/C15H14F2N2O/c1-10(20)19-14-6-4-13(5-7-14)18-9-11-2-3-12(16)8-15(11)17/h2-8,18H,9H2,1H3,(H,19,20). The summed E-state index contributed by atoms with van der Waals surface area (Å²) in [4.78, 5) is 10.9. The van der Waals surface area contributed by atoms with Gasteiger partial charge in [-0.25, -0.2) is 8.78 Å². The number of carbonyl (C=O) groups excluding carboxylic acids is 1. The molecule has 1 amide bonds. The second-order valence-electron chi connectivity index (χ2n) is 4.35. The first-order chi connectivity index (χ1) is 9.54. The van der Waals surface area contributed by atoms with Crippen LogP contribution in [0.4, 0.5) is 20.2 Å². The molecular weight excluding hydrogens is 262 g/mol. The number of halogens is 2. The molecule has 0 bridgehead atoms. The van der Waals surface area contributed by atoms with Crippen LogP contribution in [0.2, 0.25) is 0 Å². The van der Waals surface area contributed by atoms with Crippen molar-refractivity contribution in [3.63, 3.8) is 0 Å². The zero-order valence-electron chi connectivity index (χ0n) is 10.9. The van der Waals surface area contributed by atoms with E-state index in [-0.39, 0.29) is 12.5 Å². The maximum atomic E-state index is 13.4. The first kappa shape index (κ1) is 14.0. The molecule has 0 aliphatic rings. The molecule has 5 heteroatoms. The molecule has 0 unspecified atom stereocenters. The zero-order chi connectivity index (χ0) is 14.5. The van der Waals surface area contributed by atoms with E-state index in [9.17, 15) is 13.6 Å². The molecule has 0 aliphatic heterocycles. The van der Waals surface area contributed by atoms with E-state index in [0.29, 0.717) is 11.3 Å². The van der Waals surface area contributed by atoms with Crippen molar-refractivity contribution in [3.8, 4) is 0 Å². The molecule has 2 aromatic carbocycles. The number of nitrogens with one attached hydrogen (secondary N) is 2. The van der Waals surface area contributed by atoms with Crippen LogP contribution >= 0.6 is 0 Å². The fraction of sp³-hybridized carbons (Fsp3) is 0.133. The molecule has 0 heterocycles. The van der Waals surface area contributed by atoms with Crippen LogP contribution in [0, 0.1) is 11.6 Å². The van der Waals surface area contributed by atoms with Crippen molar-refractivity contribution in [1.29, 1.82) is 0 Å². The number of amides is 1. The van der Waals surface area contributed by atoms with Gasteiger partial charge in [-0.2, -0.15) is 0 Å². The molecule has 3 nitrogen and oxygen atoms in total. The second kappa shape index (κ2) is 6.14. The van der Waals surface area contributed by atoms with Gasteiger partial charge in [-0.1, -0.05) is 6.07 Å². The molecular formula is C15H14F2N2O. The van der Waals surface area contributed by atoms with Gasteiger partial charge in [0, 0.05) is 36.5 Å². The molecule has 2 rings (SSSR count). The van der Waals surface area contributed by atoms with Gasteiger partial charge in [0.1, 0.15) is 11.6 Å². The lowest BCUT2D eigenvalue weighted by molar-refractivity contribution is -0.114. The first-order valence-electron chi connectivity index (χ1n) is 6.10. The highest BCUT2D eigenvalue weighted by Gasteiger charge is 2.03. The highest BCUT2D eigenvalue weighted by molar-refractivity contribution is 5.88. The fourth-order valence-corrected chi connectivity index (χ4v) is 1.74. The summed E-state index contributed by atoms with van der Waals surface area (Å²) in [6.45, 7) is 1.69. The van der Waals surface area contributed by atoms with Gasteiger partial charge < -0.3 is 10.6 Å². The van der Waals surface area contributed by atoms with E-state index in [2.05, 4.69) is 10.6 Å². The number of rotatable bonds is 4. The third-order valence-electron chi connectivity index (χ3n) is 2.70. The monoisotopic (exact) mass is 276 g/mol. The van der Waals surface area contributed by atoms with E-state index in [1.54, 1.807) is 24.3 Å². The molecule has 0 aliphatic carbocycles. The van der Waals surface area contributed by atoms with Gasteiger partial charge >= 0.3 is 0 Å². The van der Waals surface area contributed by atoms with Crippen molar-refractivity contribution >= 4 is 17.3 Å². The van der Waals surface area contributed by atoms with Crippen LogP contribution in [0.15, 0.2) is 42.5 Å². The van der Waals surface area contributed by atoms with Crippen molar-refractivity contribution in [2.45, 2.75) is 13.5 Å². The van der Waals surface area contributed by atoms with Crippen molar-refractivity contribution < 1.29 is 13.6 Å². The van der Waals surface area contributed by atoms with Crippen LogP contribution in [0.3, 0.4) is 0 Å². The van der Waals surface area contributed by atoms with Crippen LogP contribution in [0.1, 0.15) is 12.5 Å². The van der Waals surface area contributed by atoms with Crippen LogP contribution in [-0.2, 0) is 11.3 Å². The molecule has 20 heavy (non-hydrogen) atoms. The van der Waals surface area contributed by atoms with Gasteiger partial charge in [0.15, 0.2) is 0 Å². The van der Waals surface area contributed by atoms with Gasteiger partial charge in [0.05, 0.1) is 0 Å². The third-order valence-corrected chi connectivity index (χ3v) is 2.70. The largest absolute Gasteiger partial charge is 0.381 e. The summed E-state index contributed by atoms with van der Waals surface area (Å²) in [6.07, 6.45) is 0. The summed E-state index contributed by atoms with van der Waals surface area (Å²) >= 11 is 0. The van der Waals surface area contributed by atoms with Crippen molar-refractivity contribution in [1.82, 2.24) is 0 Å². The van der Waals surface area contributed by atoms with E-state index in [0.717, 1.165) is 11.8 Å². The predicted octanol–water partition coefficient (Wildman–Crippen LogP) is 3.54. The van der Waals surface area contributed by atoms with Gasteiger partial charge in [-0.15, -0.1) is 0 Å². The maximum Gasteiger partial charge on any atom is 0.221 e.